The second-order valence-electron chi connectivity index (χ2n) is 7.36. The van der Waals surface area contributed by atoms with Gasteiger partial charge in [0.25, 0.3) is 0 Å². The summed E-state index contributed by atoms with van der Waals surface area (Å²) in [6.45, 7) is 6.44. The molecule has 6 heteroatoms. The lowest BCUT2D eigenvalue weighted by Crippen LogP contribution is -2.69. The monoisotopic (exact) mass is 336 g/mol. The maximum atomic E-state index is 11.8. The van der Waals surface area contributed by atoms with Gasteiger partial charge >= 0.3 is 0 Å². The van der Waals surface area contributed by atoms with Gasteiger partial charge in [-0.1, -0.05) is 13.3 Å². The summed E-state index contributed by atoms with van der Waals surface area (Å²) in [6.07, 6.45) is 6.89. The molecule has 3 unspecified atom stereocenters. The molecule has 0 aromatic carbocycles. The van der Waals surface area contributed by atoms with E-state index in [0.717, 1.165) is 38.5 Å². The molecule has 3 aliphatic rings. The Balaban J connectivity index is 1.51. The third kappa shape index (κ3) is 3.13. The van der Waals surface area contributed by atoms with E-state index in [1.807, 2.05) is 18.9 Å². The number of ether oxygens (including phenoxy) is 1. The van der Waals surface area contributed by atoms with Gasteiger partial charge in [-0.2, -0.15) is 0 Å². The minimum absolute atomic E-state index is 0.245. The van der Waals surface area contributed by atoms with E-state index < -0.39 is 0 Å². The number of carbonyl (C=O) groups excluding carboxylic acids is 1. The van der Waals surface area contributed by atoms with Crippen LogP contribution in [0.15, 0.2) is 4.99 Å². The lowest BCUT2D eigenvalue weighted by Gasteiger charge is -2.61. The molecule has 24 heavy (non-hydrogen) atoms. The van der Waals surface area contributed by atoms with E-state index in [-0.39, 0.29) is 5.91 Å². The van der Waals surface area contributed by atoms with E-state index in [2.05, 4.69) is 22.5 Å². The Kier molecular flexibility index (Phi) is 5.33. The lowest BCUT2D eigenvalue weighted by atomic mass is 9.51. The van der Waals surface area contributed by atoms with E-state index in [1.165, 1.54) is 19.3 Å². The van der Waals surface area contributed by atoms with Gasteiger partial charge in [0.15, 0.2) is 5.96 Å². The molecule has 0 aromatic heterocycles. The van der Waals surface area contributed by atoms with Crippen LogP contribution in [0, 0.1) is 5.41 Å². The Labute approximate surface area is 145 Å². The zero-order valence-corrected chi connectivity index (χ0v) is 15.3. The highest BCUT2D eigenvalue weighted by Crippen LogP contribution is 2.57. The van der Waals surface area contributed by atoms with Crippen LogP contribution >= 0.6 is 0 Å². The third-order valence-corrected chi connectivity index (χ3v) is 6.16. The second-order valence-corrected chi connectivity index (χ2v) is 7.36. The van der Waals surface area contributed by atoms with Crippen LogP contribution in [0.3, 0.4) is 0 Å². The predicted molar refractivity (Wildman–Crippen MR) is 95.0 cm³/mol. The van der Waals surface area contributed by atoms with Crippen LogP contribution in [0.25, 0.3) is 0 Å². The summed E-state index contributed by atoms with van der Waals surface area (Å²) in [7, 11) is 1.82. The quantitative estimate of drug-likeness (QED) is 0.590. The SMILES string of the molecule is CCOC1CC(NC(=NC)NC2CCN(C(=O)CC)C2)C12CCC2. The average Bonchev–Trinajstić information content (AvgIpc) is 2.98. The Morgan fingerprint density at radius 1 is 1.33 bits per heavy atom. The van der Waals surface area contributed by atoms with Crippen molar-refractivity contribution < 1.29 is 9.53 Å². The predicted octanol–water partition coefficient (Wildman–Crippen LogP) is 1.51. The summed E-state index contributed by atoms with van der Waals surface area (Å²) in [4.78, 5) is 18.2. The van der Waals surface area contributed by atoms with Crippen molar-refractivity contribution in [1.82, 2.24) is 15.5 Å². The van der Waals surface area contributed by atoms with Gasteiger partial charge in [-0.15, -0.1) is 0 Å². The largest absolute Gasteiger partial charge is 0.378 e. The molecule has 0 bridgehead atoms. The topological polar surface area (TPSA) is 66.0 Å². The fourth-order valence-corrected chi connectivity index (χ4v) is 4.50. The van der Waals surface area contributed by atoms with Gasteiger partial charge in [0.1, 0.15) is 0 Å². The maximum Gasteiger partial charge on any atom is 0.222 e. The fourth-order valence-electron chi connectivity index (χ4n) is 4.50. The number of likely N-dealkylation sites (tertiary alicyclic amines) is 1. The molecule has 2 aliphatic carbocycles. The number of nitrogens with one attached hydrogen (secondary N) is 2. The van der Waals surface area contributed by atoms with Gasteiger partial charge in [-0.05, 0) is 32.6 Å². The van der Waals surface area contributed by atoms with Gasteiger partial charge in [-0.3, -0.25) is 9.79 Å². The highest BCUT2D eigenvalue weighted by molar-refractivity contribution is 5.81. The molecule has 0 aromatic rings. The van der Waals surface area contributed by atoms with Crippen LogP contribution in [0.1, 0.15) is 52.4 Å². The first-order valence-electron chi connectivity index (χ1n) is 9.52. The zero-order valence-electron chi connectivity index (χ0n) is 15.3. The molecule has 1 amide bonds. The van der Waals surface area contributed by atoms with Crippen LogP contribution in [-0.4, -0.2) is 61.7 Å². The van der Waals surface area contributed by atoms with Crippen LogP contribution in [0.5, 0.6) is 0 Å². The van der Waals surface area contributed by atoms with Gasteiger partial charge < -0.3 is 20.3 Å². The number of guanidine groups is 1. The molecule has 1 saturated heterocycles. The van der Waals surface area contributed by atoms with Crippen LogP contribution in [0.4, 0.5) is 0 Å². The summed E-state index contributed by atoms with van der Waals surface area (Å²) in [5.41, 5.74) is 0.327. The first kappa shape index (κ1) is 17.5. The first-order chi connectivity index (χ1) is 11.6. The number of hydrogen-bond donors (Lipinski definition) is 2. The standard InChI is InChI=1S/C18H32N4O2/c1-4-16(23)22-10-7-13(12-22)20-17(19-3)21-14-11-15(24-5-2)18(14)8-6-9-18/h13-15H,4-12H2,1-3H3,(H2,19,20,21). The van der Waals surface area contributed by atoms with Crippen molar-refractivity contribution in [1.29, 1.82) is 0 Å². The van der Waals surface area contributed by atoms with Gasteiger partial charge in [0.2, 0.25) is 5.91 Å². The van der Waals surface area contributed by atoms with Crippen molar-refractivity contribution in [2.24, 2.45) is 10.4 Å². The Bertz CT molecular complexity index is 489. The molecule has 1 spiro atoms. The Morgan fingerprint density at radius 2 is 2.12 bits per heavy atom. The summed E-state index contributed by atoms with van der Waals surface area (Å²) >= 11 is 0. The van der Waals surface area contributed by atoms with Crippen molar-refractivity contribution in [3.8, 4) is 0 Å². The minimum Gasteiger partial charge on any atom is -0.378 e. The molecule has 1 heterocycles. The number of aliphatic imine (C=N–C) groups is 1. The fraction of sp³-hybridized carbons (Fsp3) is 0.889. The molecular weight excluding hydrogens is 304 g/mol. The molecule has 3 fully saturated rings. The van der Waals surface area contributed by atoms with Gasteiger partial charge in [0.05, 0.1) is 6.10 Å². The summed E-state index contributed by atoms with van der Waals surface area (Å²) < 4.78 is 5.92. The van der Waals surface area contributed by atoms with E-state index in [4.69, 9.17) is 4.74 Å². The number of hydrogen-bond acceptors (Lipinski definition) is 3. The second kappa shape index (κ2) is 7.30. The highest BCUT2D eigenvalue weighted by atomic mass is 16.5. The van der Waals surface area contributed by atoms with Crippen molar-refractivity contribution in [2.45, 2.75) is 70.6 Å². The van der Waals surface area contributed by atoms with Crippen molar-refractivity contribution in [3.63, 3.8) is 0 Å². The molecule has 3 rings (SSSR count). The average molecular weight is 336 g/mol. The van der Waals surface area contributed by atoms with Crippen molar-refractivity contribution in [2.75, 3.05) is 26.7 Å². The van der Waals surface area contributed by atoms with E-state index in [0.29, 0.717) is 30.0 Å². The zero-order chi connectivity index (χ0) is 17.2. The van der Waals surface area contributed by atoms with E-state index in [9.17, 15) is 4.79 Å². The van der Waals surface area contributed by atoms with Crippen LogP contribution in [-0.2, 0) is 9.53 Å². The number of rotatable bonds is 5. The Hall–Kier alpha value is -1.30. The van der Waals surface area contributed by atoms with Crippen LogP contribution in [0.2, 0.25) is 0 Å². The number of nitrogens with zero attached hydrogens (tertiary/aromatic N) is 2. The smallest absolute Gasteiger partial charge is 0.222 e. The minimum atomic E-state index is 0.245. The number of carbonyl (C=O) groups is 1. The van der Waals surface area contributed by atoms with Crippen LogP contribution < -0.4 is 10.6 Å². The normalized spacial score (nSPS) is 31.5. The summed E-state index contributed by atoms with van der Waals surface area (Å²) in [6, 6.07) is 0.760. The van der Waals surface area contributed by atoms with Crippen molar-refractivity contribution in [3.05, 3.63) is 0 Å². The van der Waals surface area contributed by atoms with E-state index >= 15 is 0 Å². The molecule has 0 radical (unpaired) electrons. The maximum absolute atomic E-state index is 11.8. The third-order valence-electron chi connectivity index (χ3n) is 6.16. The summed E-state index contributed by atoms with van der Waals surface area (Å²) in [5.74, 6) is 1.12. The molecule has 1 aliphatic heterocycles. The molecular formula is C18H32N4O2. The summed E-state index contributed by atoms with van der Waals surface area (Å²) in [5, 5.41) is 7.14. The highest BCUT2D eigenvalue weighted by Gasteiger charge is 2.59. The number of amides is 1. The van der Waals surface area contributed by atoms with Gasteiger partial charge in [-0.25, -0.2) is 0 Å². The van der Waals surface area contributed by atoms with Crippen molar-refractivity contribution >= 4 is 11.9 Å². The van der Waals surface area contributed by atoms with E-state index in [1.54, 1.807) is 0 Å². The van der Waals surface area contributed by atoms with Gasteiger partial charge in [0, 0.05) is 50.7 Å². The Morgan fingerprint density at radius 3 is 2.71 bits per heavy atom. The molecule has 2 N–H and O–H groups in total. The molecule has 6 nitrogen and oxygen atoms in total. The first-order valence-corrected chi connectivity index (χ1v) is 9.52. The lowest BCUT2D eigenvalue weighted by molar-refractivity contribution is -0.168. The molecule has 3 atom stereocenters. The molecule has 136 valence electrons. The molecule has 2 saturated carbocycles.